The van der Waals surface area contributed by atoms with E-state index in [2.05, 4.69) is 15.0 Å². The second-order valence-electron chi connectivity index (χ2n) is 8.10. The molecule has 36 heavy (non-hydrogen) atoms. The van der Waals surface area contributed by atoms with E-state index < -0.39 is 21.7 Å². The average molecular weight is 518 g/mol. The summed E-state index contributed by atoms with van der Waals surface area (Å²) in [5.74, 6) is -1.25. The highest BCUT2D eigenvalue weighted by atomic mass is 32.2. The Morgan fingerprint density at radius 1 is 0.917 bits per heavy atom. The van der Waals surface area contributed by atoms with Gasteiger partial charge in [-0.1, -0.05) is 42.0 Å². The third kappa shape index (κ3) is 4.84. The van der Waals surface area contributed by atoms with Gasteiger partial charge in [-0.2, -0.15) is 0 Å². The Morgan fingerprint density at radius 2 is 1.64 bits per heavy atom. The number of amides is 1. The lowest BCUT2D eigenvalue weighted by Gasteiger charge is -2.14. The zero-order valence-corrected chi connectivity index (χ0v) is 20.7. The Kier molecular flexibility index (Phi) is 6.26. The summed E-state index contributed by atoms with van der Waals surface area (Å²) in [6.07, 6.45) is 0. The van der Waals surface area contributed by atoms with Gasteiger partial charge in [0, 0.05) is 11.3 Å². The van der Waals surface area contributed by atoms with E-state index in [4.69, 9.17) is 0 Å². The van der Waals surface area contributed by atoms with Gasteiger partial charge in [0.05, 0.1) is 26.4 Å². The lowest BCUT2D eigenvalue weighted by molar-refractivity contribution is 0.102. The van der Waals surface area contributed by atoms with Gasteiger partial charge < -0.3 is 5.32 Å². The number of thiazole rings is 1. The molecule has 0 bridgehead atoms. The van der Waals surface area contributed by atoms with Crippen molar-refractivity contribution in [3.8, 4) is 10.6 Å². The number of nitrogens with one attached hydrogen (secondary N) is 2. The quantitative estimate of drug-likeness (QED) is 0.270. The number of fused-ring (bicyclic) bond motifs is 1. The van der Waals surface area contributed by atoms with Crippen LogP contribution in [0.5, 0.6) is 0 Å². The Hall–Kier alpha value is -4.08. The summed E-state index contributed by atoms with van der Waals surface area (Å²) in [4.78, 5) is 17.5. The molecule has 1 heterocycles. The molecule has 4 aromatic carbocycles. The Bertz CT molecular complexity index is 1660. The molecule has 0 aliphatic heterocycles. The van der Waals surface area contributed by atoms with Crippen molar-refractivity contribution in [2.75, 3.05) is 10.0 Å². The SMILES string of the molecule is Cc1ccc(S(=O)(=O)Nc2ccc(NC(=O)c3ccccc3F)cc2-c2nc3ccccc3s2)cc1. The van der Waals surface area contributed by atoms with Gasteiger partial charge in [-0.05, 0) is 61.5 Å². The van der Waals surface area contributed by atoms with Crippen LogP contribution < -0.4 is 10.0 Å². The number of para-hydroxylation sites is 1. The molecule has 5 aromatic rings. The summed E-state index contributed by atoms with van der Waals surface area (Å²) in [5.41, 5.74) is 2.78. The van der Waals surface area contributed by atoms with Gasteiger partial charge in [0.2, 0.25) is 0 Å². The largest absolute Gasteiger partial charge is 0.322 e. The molecule has 1 aromatic heterocycles. The number of aryl methyl sites for hydroxylation is 1. The molecule has 180 valence electrons. The first-order chi connectivity index (χ1) is 17.3. The number of benzene rings is 4. The van der Waals surface area contributed by atoms with Crippen LogP contribution >= 0.6 is 11.3 Å². The lowest BCUT2D eigenvalue weighted by Crippen LogP contribution is -2.15. The van der Waals surface area contributed by atoms with Crippen LogP contribution in [0.15, 0.2) is 95.9 Å². The molecular weight excluding hydrogens is 497 g/mol. The second kappa shape index (κ2) is 9.52. The summed E-state index contributed by atoms with van der Waals surface area (Å²) < 4.78 is 43.9. The molecule has 2 N–H and O–H groups in total. The first-order valence-electron chi connectivity index (χ1n) is 11.0. The van der Waals surface area contributed by atoms with E-state index in [1.807, 2.05) is 31.2 Å². The van der Waals surface area contributed by atoms with Gasteiger partial charge in [0.25, 0.3) is 15.9 Å². The number of hydrogen-bond donors (Lipinski definition) is 2. The highest BCUT2D eigenvalue weighted by molar-refractivity contribution is 7.92. The predicted octanol–water partition coefficient (Wildman–Crippen LogP) is 6.46. The number of nitrogens with zero attached hydrogens (tertiary/aromatic N) is 1. The monoisotopic (exact) mass is 517 g/mol. The maximum Gasteiger partial charge on any atom is 0.261 e. The van der Waals surface area contributed by atoms with Crippen LogP contribution in [-0.2, 0) is 10.0 Å². The first-order valence-corrected chi connectivity index (χ1v) is 13.3. The second-order valence-corrected chi connectivity index (χ2v) is 10.8. The molecular formula is C27H20FN3O3S2. The molecule has 0 aliphatic rings. The zero-order chi connectivity index (χ0) is 25.3. The minimum Gasteiger partial charge on any atom is -0.322 e. The van der Waals surface area contributed by atoms with E-state index in [-0.39, 0.29) is 10.5 Å². The van der Waals surface area contributed by atoms with Crippen molar-refractivity contribution < 1.29 is 17.6 Å². The van der Waals surface area contributed by atoms with Gasteiger partial charge in [-0.25, -0.2) is 17.8 Å². The van der Waals surface area contributed by atoms with E-state index >= 15 is 0 Å². The fraction of sp³-hybridized carbons (Fsp3) is 0.0370. The molecule has 0 unspecified atom stereocenters. The maximum atomic E-state index is 14.1. The van der Waals surface area contributed by atoms with Gasteiger partial charge in [-0.15, -0.1) is 11.3 Å². The summed E-state index contributed by atoms with van der Waals surface area (Å²) in [6.45, 7) is 1.88. The normalized spacial score (nSPS) is 11.4. The summed E-state index contributed by atoms with van der Waals surface area (Å²) in [6, 6.07) is 24.5. The van der Waals surface area contributed by atoms with E-state index in [0.29, 0.717) is 21.9 Å². The van der Waals surface area contributed by atoms with Crippen molar-refractivity contribution in [3.63, 3.8) is 0 Å². The fourth-order valence-electron chi connectivity index (χ4n) is 3.64. The molecule has 9 heteroatoms. The Balaban J connectivity index is 1.55. The maximum absolute atomic E-state index is 14.1. The highest BCUT2D eigenvalue weighted by Crippen LogP contribution is 2.37. The van der Waals surface area contributed by atoms with Crippen molar-refractivity contribution in [2.45, 2.75) is 11.8 Å². The number of aromatic nitrogens is 1. The molecule has 5 rings (SSSR count). The van der Waals surface area contributed by atoms with E-state index in [0.717, 1.165) is 15.8 Å². The summed E-state index contributed by atoms with van der Waals surface area (Å²) in [5, 5.41) is 3.26. The highest BCUT2D eigenvalue weighted by Gasteiger charge is 2.20. The standard InChI is InChI=1S/C27H20FN3O3S2/c1-17-10-13-19(14-11-17)36(33,34)31-23-15-12-18(29-26(32)20-6-2-3-7-22(20)28)16-21(23)27-30-24-8-4-5-9-25(24)35-27/h2-16,31H,1H3,(H,29,32). The zero-order valence-electron chi connectivity index (χ0n) is 19.0. The van der Waals surface area contributed by atoms with Gasteiger partial charge >= 0.3 is 0 Å². The number of rotatable bonds is 6. The molecule has 0 atom stereocenters. The topological polar surface area (TPSA) is 88.2 Å². The van der Waals surface area contributed by atoms with Crippen LogP contribution in [0.3, 0.4) is 0 Å². The molecule has 0 radical (unpaired) electrons. The third-order valence-corrected chi connectivity index (χ3v) is 7.95. The average Bonchev–Trinajstić information content (AvgIpc) is 3.29. The molecule has 1 amide bonds. The fourth-order valence-corrected chi connectivity index (χ4v) is 5.72. The number of carbonyl (C=O) groups excluding carboxylic acids is 1. The van der Waals surface area contributed by atoms with E-state index in [1.54, 1.807) is 36.4 Å². The van der Waals surface area contributed by atoms with Crippen LogP contribution in [0.2, 0.25) is 0 Å². The lowest BCUT2D eigenvalue weighted by atomic mass is 10.1. The van der Waals surface area contributed by atoms with Crippen LogP contribution in [-0.4, -0.2) is 19.3 Å². The van der Waals surface area contributed by atoms with Crippen molar-refractivity contribution in [3.05, 3.63) is 108 Å². The first kappa shape index (κ1) is 23.7. The molecule has 0 fully saturated rings. The van der Waals surface area contributed by atoms with Gasteiger partial charge in [0.1, 0.15) is 10.8 Å². The van der Waals surface area contributed by atoms with Crippen LogP contribution in [0.25, 0.3) is 20.8 Å². The number of carbonyl (C=O) groups is 1. The molecule has 6 nitrogen and oxygen atoms in total. The van der Waals surface area contributed by atoms with Crippen LogP contribution in [0, 0.1) is 12.7 Å². The number of anilines is 2. The molecule has 0 aliphatic carbocycles. The van der Waals surface area contributed by atoms with Crippen LogP contribution in [0.4, 0.5) is 15.8 Å². The van der Waals surface area contributed by atoms with Gasteiger partial charge in [-0.3, -0.25) is 9.52 Å². The number of hydrogen-bond acceptors (Lipinski definition) is 5. The van der Waals surface area contributed by atoms with Crippen molar-refractivity contribution in [1.29, 1.82) is 0 Å². The van der Waals surface area contributed by atoms with Gasteiger partial charge in [0.15, 0.2) is 0 Å². The van der Waals surface area contributed by atoms with E-state index in [1.165, 1.54) is 41.7 Å². The number of halogens is 1. The Morgan fingerprint density at radius 3 is 2.39 bits per heavy atom. The minimum atomic E-state index is -3.89. The van der Waals surface area contributed by atoms with Crippen LogP contribution in [0.1, 0.15) is 15.9 Å². The summed E-state index contributed by atoms with van der Waals surface area (Å²) in [7, 11) is -3.89. The molecule has 0 saturated heterocycles. The van der Waals surface area contributed by atoms with Crippen molar-refractivity contribution in [2.24, 2.45) is 0 Å². The molecule has 0 spiro atoms. The minimum absolute atomic E-state index is 0.0943. The summed E-state index contributed by atoms with van der Waals surface area (Å²) >= 11 is 1.40. The van der Waals surface area contributed by atoms with Crippen molar-refractivity contribution in [1.82, 2.24) is 4.98 Å². The molecule has 0 saturated carbocycles. The smallest absolute Gasteiger partial charge is 0.261 e. The predicted molar refractivity (Wildman–Crippen MR) is 141 cm³/mol. The van der Waals surface area contributed by atoms with E-state index in [9.17, 15) is 17.6 Å². The number of sulfonamides is 1. The van der Waals surface area contributed by atoms with Crippen molar-refractivity contribution >= 4 is 48.9 Å². The Labute approximate surface area is 211 Å². The third-order valence-electron chi connectivity index (χ3n) is 5.50.